The number of halogens is 5. The van der Waals surface area contributed by atoms with Gasteiger partial charge in [-0.25, -0.2) is 0 Å². The minimum atomic E-state index is 0. The van der Waals surface area contributed by atoms with E-state index in [1.807, 2.05) is 6.08 Å². The van der Waals surface area contributed by atoms with E-state index in [1.165, 1.54) is 0 Å². The van der Waals surface area contributed by atoms with Gasteiger partial charge in [0.05, 0.1) is 16.1 Å². The molecule has 0 spiro atoms. The zero-order valence-corrected chi connectivity index (χ0v) is 14.6. The molecule has 2 nitrogen and oxygen atoms in total. The first-order valence-corrected chi connectivity index (χ1v) is 6.99. The molecule has 1 atom stereocenters. The van der Waals surface area contributed by atoms with Crippen molar-refractivity contribution in [2.24, 2.45) is 0 Å². The summed E-state index contributed by atoms with van der Waals surface area (Å²) in [4.78, 5) is 2.30. The molecule has 0 unspecified atom stereocenters. The van der Waals surface area contributed by atoms with Crippen LogP contribution in [0.15, 0.2) is 24.8 Å². The Hall–Kier alpha value is 0.330. The zero-order valence-electron chi connectivity index (χ0n) is 10.7. The summed E-state index contributed by atoms with van der Waals surface area (Å²) >= 11 is 18.6. The fourth-order valence-corrected chi connectivity index (χ4v) is 2.98. The van der Waals surface area contributed by atoms with Crippen LogP contribution in [0.5, 0.6) is 0 Å². The van der Waals surface area contributed by atoms with Crippen LogP contribution in [0.2, 0.25) is 15.1 Å². The fourth-order valence-electron chi connectivity index (χ4n) is 2.22. The molecule has 114 valence electrons. The van der Waals surface area contributed by atoms with E-state index in [0.29, 0.717) is 15.1 Å². The van der Waals surface area contributed by atoms with Crippen LogP contribution >= 0.6 is 59.6 Å². The van der Waals surface area contributed by atoms with E-state index in [-0.39, 0.29) is 30.9 Å². The molecule has 1 fully saturated rings. The van der Waals surface area contributed by atoms with Gasteiger partial charge < -0.3 is 5.32 Å². The Balaban J connectivity index is 0.00000180. The molecule has 0 amide bonds. The summed E-state index contributed by atoms with van der Waals surface area (Å²) in [6.45, 7) is 7.70. The first kappa shape index (κ1) is 20.3. The molecule has 7 heteroatoms. The van der Waals surface area contributed by atoms with E-state index in [4.69, 9.17) is 34.8 Å². The lowest BCUT2D eigenvalue weighted by Crippen LogP contribution is -2.44. The molecule has 0 aromatic heterocycles. The van der Waals surface area contributed by atoms with Gasteiger partial charge >= 0.3 is 0 Å². The number of piperazine rings is 1. The summed E-state index contributed by atoms with van der Waals surface area (Å²) < 4.78 is 0. The van der Waals surface area contributed by atoms with E-state index in [2.05, 4.69) is 16.8 Å². The summed E-state index contributed by atoms with van der Waals surface area (Å²) in [6, 6.07) is 3.50. The molecular formula is C13H17Cl5N2. The Labute approximate surface area is 147 Å². The molecule has 0 aliphatic carbocycles. The first-order chi connectivity index (χ1) is 8.65. The number of nitrogens with one attached hydrogen (secondary N) is 1. The van der Waals surface area contributed by atoms with Crippen LogP contribution in [0.1, 0.15) is 11.6 Å². The Morgan fingerprint density at radius 1 is 1.10 bits per heavy atom. The third-order valence-corrected chi connectivity index (χ3v) is 4.29. The predicted octanol–water partition coefficient (Wildman–Crippen LogP) is 4.62. The van der Waals surface area contributed by atoms with Crippen LogP contribution < -0.4 is 5.32 Å². The van der Waals surface area contributed by atoms with Gasteiger partial charge in [0, 0.05) is 36.8 Å². The monoisotopic (exact) mass is 376 g/mol. The number of hydrogen-bond donors (Lipinski definition) is 1. The van der Waals surface area contributed by atoms with Gasteiger partial charge in [-0.15, -0.1) is 31.4 Å². The van der Waals surface area contributed by atoms with Gasteiger partial charge in [-0.05, 0) is 12.1 Å². The van der Waals surface area contributed by atoms with Crippen molar-refractivity contribution in [3.8, 4) is 0 Å². The Morgan fingerprint density at radius 2 is 1.65 bits per heavy atom. The average molecular weight is 379 g/mol. The van der Waals surface area contributed by atoms with Crippen LogP contribution in [0.25, 0.3) is 0 Å². The van der Waals surface area contributed by atoms with E-state index >= 15 is 0 Å². The highest BCUT2D eigenvalue weighted by Crippen LogP contribution is 2.38. The molecule has 0 bridgehead atoms. The fraction of sp³-hybridized carbons (Fsp3) is 0.385. The lowest BCUT2D eigenvalue weighted by Gasteiger charge is -2.34. The lowest BCUT2D eigenvalue weighted by atomic mass is 10.0. The molecular weight excluding hydrogens is 361 g/mol. The largest absolute Gasteiger partial charge is 0.314 e. The second-order valence-corrected chi connectivity index (χ2v) is 5.42. The molecule has 0 saturated carbocycles. The quantitative estimate of drug-likeness (QED) is 0.610. The molecule has 20 heavy (non-hydrogen) atoms. The van der Waals surface area contributed by atoms with Crippen LogP contribution in [0, 0.1) is 0 Å². The van der Waals surface area contributed by atoms with E-state index < -0.39 is 0 Å². The van der Waals surface area contributed by atoms with Crippen LogP contribution in [0.4, 0.5) is 0 Å². The highest BCUT2D eigenvalue weighted by molar-refractivity contribution is 6.44. The number of rotatable bonds is 3. The summed E-state index contributed by atoms with van der Waals surface area (Å²) in [5.74, 6) is 0. The minimum absolute atomic E-state index is 0. The van der Waals surface area contributed by atoms with Gasteiger partial charge in [0.15, 0.2) is 0 Å². The van der Waals surface area contributed by atoms with E-state index in [9.17, 15) is 0 Å². The molecule has 1 aromatic rings. The van der Waals surface area contributed by atoms with Crippen molar-refractivity contribution in [3.05, 3.63) is 45.4 Å². The standard InChI is InChI=1S/C13H15Cl3N2.2ClH/c1-2-11(18-7-5-17-6-8-18)12-9(14)3-4-10(15)13(12)16;;/h2-4,11,17H,1,5-8H2;2*1H/t11-;;/m0../s1. The molecule has 1 heterocycles. The highest BCUT2D eigenvalue weighted by atomic mass is 35.5. The van der Waals surface area contributed by atoms with Crippen molar-refractivity contribution in [1.29, 1.82) is 0 Å². The summed E-state index contributed by atoms with van der Waals surface area (Å²) in [5.41, 5.74) is 0.850. The Kier molecular flexibility index (Phi) is 9.52. The van der Waals surface area contributed by atoms with Gasteiger partial charge in [0.1, 0.15) is 0 Å². The summed E-state index contributed by atoms with van der Waals surface area (Å²) in [7, 11) is 0. The van der Waals surface area contributed by atoms with Gasteiger partial charge in [-0.2, -0.15) is 0 Å². The topological polar surface area (TPSA) is 15.3 Å². The van der Waals surface area contributed by atoms with Crippen LogP contribution in [-0.2, 0) is 0 Å². The molecule has 1 saturated heterocycles. The van der Waals surface area contributed by atoms with Gasteiger partial charge in [0.25, 0.3) is 0 Å². The van der Waals surface area contributed by atoms with E-state index in [1.54, 1.807) is 12.1 Å². The molecule has 1 aromatic carbocycles. The second-order valence-electron chi connectivity index (χ2n) is 4.22. The van der Waals surface area contributed by atoms with Crippen LogP contribution in [0.3, 0.4) is 0 Å². The normalized spacial score (nSPS) is 16.8. The van der Waals surface area contributed by atoms with Crippen LogP contribution in [-0.4, -0.2) is 31.1 Å². The molecule has 1 aliphatic rings. The molecule has 0 radical (unpaired) electrons. The zero-order chi connectivity index (χ0) is 13.1. The Bertz CT molecular complexity index is 447. The maximum absolute atomic E-state index is 6.28. The first-order valence-electron chi connectivity index (χ1n) is 5.86. The highest BCUT2D eigenvalue weighted by Gasteiger charge is 2.24. The summed E-state index contributed by atoms with van der Waals surface area (Å²) in [5, 5.41) is 5.00. The van der Waals surface area contributed by atoms with Crippen molar-refractivity contribution in [2.45, 2.75) is 6.04 Å². The molecule has 1 aliphatic heterocycles. The maximum Gasteiger partial charge on any atom is 0.0658 e. The van der Waals surface area contributed by atoms with Gasteiger partial charge in [-0.1, -0.05) is 40.9 Å². The average Bonchev–Trinajstić information content (AvgIpc) is 2.40. The maximum atomic E-state index is 6.28. The van der Waals surface area contributed by atoms with Crippen molar-refractivity contribution in [2.75, 3.05) is 26.2 Å². The predicted molar refractivity (Wildman–Crippen MR) is 93.3 cm³/mol. The number of hydrogen-bond acceptors (Lipinski definition) is 2. The second kappa shape index (κ2) is 9.37. The number of benzene rings is 1. The van der Waals surface area contributed by atoms with E-state index in [0.717, 1.165) is 31.7 Å². The Morgan fingerprint density at radius 3 is 2.20 bits per heavy atom. The lowest BCUT2D eigenvalue weighted by molar-refractivity contribution is 0.203. The molecule has 2 rings (SSSR count). The van der Waals surface area contributed by atoms with Crippen molar-refractivity contribution < 1.29 is 0 Å². The summed E-state index contributed by atoms with van der Waals surface area (Å²) in [6.07, 6.45) is 1.87. The molecule has 1 N–H and O–H groups in total. The van der Waals surface area contributed by atoms with Crippen molar-refractivity contribution in [3.63, 3.8) is 0 Å². The van der Waals surface area contributed by atoms with Gasteiger partial charge in [0.2, 0.25) is 0 Å². The number of nitrogens with zero attached hydrogens (tertiary/aromatic N) is 1. The van der Waals surface area contributed by atoms with Crippen molar-refractivity contribution in [1.82, 2.24) is 10.2 Å². The minimum Gasteiger partial charge on any atom is -0.314 e. The SMILES string of the molecule is C=C[C@@H](c1c(Cl)ccc(Cl)c1Cl)N1CCNCC1.Cl.Cl. The van der Waals surface area contributed by atoms with Gasteiger partial charge in [-0.3, -0.25) is 4.90 Å². The third kappa shape index (κ3) is 4.41. The smallest absolute Gasteiger partial charge is 0.0658 e. The third-order valence-electron chi connectivity index (χ3n) is 3.14. The van der Waals surface area contributed by atoms with Crippen molar-refractivity contribution >= 4 is 59.6 Å².